The second-order valence-corrected chi connectivity index (χ2v) is 7.17. The topological polar surface area (TPSA) is 58.6 Å². The lowest BCUT2D eigenvalue weighted by molar-refractivity contribution is -0.238. The molecule has 0 aromatic heterocycles. The van der Waals surface area contributed by atoms with Crippen molar-refractivity contribution in [3.8, 4) is 0 Å². The van der Waals surface area contributed by atoms with Crippen molar-refractivity contribution in [1.29, 1.82) is 0 Å². The van der Waals surface area contributed by atoms with E-state index in [1.807, 2.05) is 13.8 Å². The lowest BCUT2D eigenvalue weighted by Gasteiger charge is -2.55. The summed E-state index contributed by atoms with van der Waals surface area (Å²) in [5, 5.41) is 14.3. The molecule has 0 amide bonds. The zero-order valence-corrected chi connectivity index (χ0v) is 13.4. The number of carbonyl (C=O) groups excluding carboxylic acids is 1. The van der Waals surface area contributed by atoms with Gasteiger partial charge < -0.3 is 9.84 Å². The zero-order chi connectivity index (χ0) is 15.3. The maximum absolute atomic E-state index is 12.3. The Morgan fingerprint density at radius 3 is 2.95 bits per heavy atom. The van der Waals surface area contributed by atoms with Crippen molar-refractivity contribution in [1.82, 2.24) is 5.32 Å². The first-order valence-electron chi connectivity index (χ1n) is 7.89. The fraction of sp³-hybridized carbons (Fsp3) is 0.812. The molecule has 3 aliphatic rings. The Morgan fingerprint density at radius 2 is 2.38 bits per heavy atom. The number of rotatable bonds is 4. The zero-order valence-electron chi connectivity index (χ0n) is 12.6. The number of aliphatic hydroxyl groups is 1. The standard InChI is InChI=1S/C16H24ClNO3/c1-10-12(8-9-17)15(2)16(18-10,14(20)21-15)13(19)11-6-4-3-5-7-11/h4,6,10-13,18-19H,3,5,7-9H2,1-2H3/t10?,11-,12+,13+,15+,16+/m1/s1. The molecule has 2 heterocycles. The van der Waals surface area contributed by atoms with Crippen molar-refractivity contribution in [2.75, 3.05) is 5.88 Å². The van der Waals surface area contributed by atoms with Gasteiger partial charge in [0, 0.05) is 23.8 Å². The molecule has 2 N–H and O–H groups in total. The highest BCUT2D eigenvalue weighted by atomic mass is 35.5. The van der Waals surface area contributed by atoms with E-state index in [0.717, 1.165) is 25.7 Å². The number of allylic oxidation sites excluding steroid dienone is 1. The number of ether oxygens (including phenoxy) is 1. The molecule has 1 aliphatic carbocycles. The van der Waals surface area contributed by atoms with Crippen molar-refractivity contribution in [3.63, 3.8) is 0 Å². The summed E-state index contributed by atoms with van der Waals surface area (Å²) < 4.78 is 5.56. The molecule has 118 valence electrons. The Balaban J connectivity index is 1.92. The van der Waals surface area contributed by atoms with Gasteiger partial charge in [0.05, 0.1) is 6.10 Å². The van der Waals surface area contributed by atoms with Gasteiger partial charge >= 0.3 is 5.97 Å². The van der Waals surface area contributed by atoms with Gasteiger partial charge in [-0.25, -0.2) is 4.79 Å². The fourth-order valence-electron chi connectivity index (χ4n) is 4.58. The van der Waals surface area contributed by atoms with Crippen molar-refractivity contribution in [2.45, 2.75) is 62.8 Å². The SMILES string of the molecule is CC1N[C@@]2([C@@H](O)[C@@H]3C=CCCC3)C(=O)O[C@@]2(C)[C@H]1CCCl. The summed E-state index contributed by atoms with van der Waals surface area (Å²) in [4.78, 5) is 12.3. The number of fused-ring (bicyclic) bond motifs is 1. The van der Waals surface area contributed by atoms with Crippen LogP contribution >= 0.6 is 11.6 Å². The van der Waals surface area contributed by atoms with Crippen LogP contribution in [0.25, 0.3) is 0 Å². The second kappa shape index (κ2) is 5.25. The molecule has 2 fully saturated rings. The molecule has 6 atom stereocenters. The average Bonchev–Trinajstić information content (AvgIpc) is 2.65. The van der Waals surface area contributed by atoms with Crippen LogP contribution in [0.1, 0.15) is 39.5 Å². The number of alkyl halides is 1. The lowest BCUT2D eigenvalue weighted by atomic mass is 9.64. The minimum absolute atomic E-state index is 0.0142. The lowest BCUT2D eigenvalue weighted by Crippen LogP contribution is -2.80. The first-order chi connectivity index (χ1) is 9.97. The number of esters is 1. The first kappa shape index (κ1) is 15.3. The van der Waals surface area contributed by atoms with Crippen molar-refractivity contribution in [3.05, 3.63) is 12.2 Å². The van der Waals surface area contributed by atoms with Gasteiger partial charge in [0.2, 0.25) is 0 Å². The average molecular weight is 314 g/mol. The largest absolute Gasteiger partial charge is 0.455 e. The Kier molecular flexibility index (Phi) is 3.83. The van der Waals surface area contributed by atoms with E-state index in [-0.39, 0.29) is 23.8 Å². The molecule has 0 saturated carbocycles. The third-order valence-corrected chi connectivity index (χ3v) is 5.96. The van der Waals surface area contributed by atoms with Crippen LogP contribution in [0.15, 0.2) is 12.2 Å². The number of carbonyl (C=O) groups is 1. The first-order valence-corrected chi connectivity index (χ1v) is 8.42. The molecule has 3 rings (SSSR count). The molecule has 5 heteroatoms. The highest BCUT2D eigenvalue weighted by Crippen LogP contribution is 2.54. The molecule has 0 bridgehead atoms. The highest BCUT2D eigenvalue weighted by Gasteiger charge is 2.77. The van der Waals surface area contributed by atoms with E-state index in [1.54, 1.807) is 0 Å². The quantitative estimate of drug-likeness (QED) is 0.473. The van der Waals surface area contributed by atoms with E-state index >= 15 is 0 Å². The molecule has 0 radical (unpaired) electrons. The van der Waals surface area contributed by atoms with Gasteiger partial charge in [-0.2, -0.15) is 0 Å². The van der Waals surface area contributed by atoms with Crippen LogP contribution in [-0.4, -0.2) is 40.2 Å². The summed E-state index contributed by atoms with van der Waals surface area (Å²) in [5.74, 6) is 0.356. The van der Waals surface area contributed by atoms with E-state index < -0.39 is 17.2 Å². The fourth-order valence-corrected chi connectivity index (χ4v) is 4.82. The second-order valence-electron chi connectivity index (χ2n) is 6.79. The van der Waals surface area contributed by atoms with Crippen LogP contribution in [0, 0.1) is 11.8 Å². The molecule has 0 aromatic carbocycles. The summed E-state index contributed by atoms with van der Waals surface area (Å²) in [6.07, 6.45) is 7.20. The number of hydrogen-bond donors (Lipinski definition) is 2. The maximum atomic E-state index is 12.3. The molecule has 1 unspecified atom stereocenters. The molecule has 2 saturated heterocycles. The monoisotopic (exact) mass is 313 g/mol. The van der Waals surface area contributed by atoms with Gasteiger partial charge in [-0.1, -0.05) is 12.2 Å². The third-order valence-electron chi connectivity index (χ3n) is 5.74. The highest BCUT2D eigenvalue weighted by molar-refractivity contribution is 6.17. The number of nitrogens with one attached hydrogen (secondary N) is 1. The number of aliphatic hydroxyl groups excluding tert-OH is 1. The van der Waals surface area contributed by atoms with Gasteiger partial charge in [-0.05, 0) is 39.5 Å². The van der Waals surface area contributed by atoms with E-state index in [2.05, 4.69) is 17.5 Å². The maximum Gasteiger partial charge on any atom is 0.333 e. The molecule has 21 heavy (non-hydrogen) atoms. The van der Waals surface area contributed by atoms with E-state index in [0.29, 0.717) is 5.88 Å². The van der Waals surface area contributed by atoms with Gasteiger partial charge in [-0.3, -0.25) is 5.32 Å². The molecule has 0 aromatic rings. The van der Waals surface area contributed by atoms with Crippen LogP contribution in [0.4, 0.5) is 0 Å². The van der Waals surface area contributed by atoms with Crippen LogP contribution in [0.3, 0.4) is 0 Å². The molecular weight excluding hydrogens is 290 g/mol. The van der Waals surface area contributed by atoms with Gasteiger partial charge in [-0.15, -0.1) is 11.6 Å². The summed E-state index contributed by atoms with van der Waals surface area (Å²) in [5.41, 5.74) is -1.64. The van der Waals surface area contributed by atoms with E-state index in [9.17, 15) is 9.90 Å². The van der Waals surface area contributed by atoms with Crippen molar-refractivity contribution >= 4 is 17.6 Å². The van der Waals surface area contributed by atoms with Gasteiger partial charge in [0.1, 0.15) is 5.60 Å². The minimum Gasteiger partial charge on any atom is -0.455 e. The summed E-state index contributed by atoms with van der Waals surface area (Å²) in [6, 6.07) is 0.0995. The molecule has 0 spiro atoms. The van der Waals surface area contributed by atoms with Crippen LogP contribution in [0.5, 0.6) is 0 Å². The van der Waals surface area contributed by atoms with Crippen LogP contribution in [-0.2, 0) is 9.53 Å². The Labute approximate surface area is 130 Å². The summed E-state index contributed by atoms with van der Waals surface area (Å²) in [7, 11) is 0. The smallest absolute Gasteiger partial charge is 0.333 e. The predicted octanol–water partition coefficient (Wildman–Crippen LogP) is 1.99. The summed E-state index contributed by atoms with van der Waals surface area (Å²) in [6.45, 7) is 3.99. The third kappa shape index (κ3) is 1.92. The molecule has 2 aliphatic heterocycles. The minimum atomic E-state index is -0.977. The van der Waals surface area contributed by atoms with Gasteiger partial charge in [0.15, 0.2) is 5.54 Å². The van der Waals surface area contributed by atoms with Crippen molar-refractivity contribution < 1.29 is 14.6 Å². The normalized spacial score (nSPS) is 46.7. The summed E-state index contributed by atoms with van der Waals surface area (Å²) >= 11 is 5.91. The predicted molar refractivity (Wildman–Crippen MR) is 81.1 cm³/mol. The van der Waals surface area contributed by atoms with Crippen LogP contribution < -0.4 is 5.32 Å². The Bertz CT molecular complexity index is 468. The number of halogens is 1. The Hall–Kier alpha value is -0.580. The Morgan fingerprint density at radius 1 is 1.62 bits per heavy atom. The van der Waals surface area contributed by atoms with Crippen molar-refractivity contribution in [2.24, 2.45) is 11.8 Å². The van der Waals surface area contributed by atoms with E-state index in [4.69, 9.17) is 16.3 Å². The number of hydrogen-bond acceptors (Lipinski definition) is 4. The van der Waals surface area contributed by atoms with Crippen LogP contribution in [0.2, 0.25) is 0 Å². The van der Waals surface area contributed by atoms with Gasteiger partial charge in [0.25, 0.3) is 0 Å². The van der Waals surface area contributed by atoms with E-state index in [1.165, 1.54) is 0 Å². The molecular formula is C16H24ClNO3. The molecule has 4 nitrogen and oxygen atoms in total.